The van der Waals surface area contributed by atoms with Gasteiger partial charge in [0.05, 0.1) is 5.52 Å². The first-order valence-electron chi connectivity index (χ1n) is 11.5. The zero-order valence-electron chi connectivity index (χ0n) is 19.2. The Balaban J connectivity index is 1.17. The zero-order valence-corrected chi connectivity index (χ0v) is 19.2. The van der Waals surface area contributed by atoms with Crippen LogP contribution in [0.1, 0.15) is 11.1 Å². The van der Waals surface area contributed by atoms with E-state index in [4.69, 9.17) is 4.98 Å². The van der Waals surface area contributed by atoms with E-state index in [2.05, 4.69) is 35.8 Å². The molecule has 0 bridgehead atoms. The predicted octanol–water partition coefficient (Wildman–Crippen LogP) is 4.02. The average Bonchev–Trinajstić information content (AvgIpc) is 3.66. The summed E-state index contributed by atoms with van der Waals surface area (Å²) in [4.78, 5) is 18.4. The minimum Gasteiger partial charge on any atom is -0.365 e. The van der Waals surface area contributed by atoms with E-state index in [1.807, 2.05) is 85.5 Å². The first kappa shape index (κ1) is 21.4. The first-order chi connectivity index (χ1) is 17.8. The van der Waals surface area contributed by atoms with E-state index in [9.17, 15) is 0 Å². The number of fused-ring (bicyclic) bond motifs is 1. The minimum atomic E-state index is 0.541. The first-order valence-corrected chi connectivity index (χ1v) is 11.5. The third-order valence-corrected chi connectivity index (χ3v) is 5.61. The number of hydrogen-bond acceptors (Lipinski definition) is 8. The monoisotopic (exact) mass is 474 g/mol. The predicted molar refractivity (Wildman–Crippen MR) is 137 cm³/mol. The fourth-order valence-electron chi connectivity index (χ4n) is 3.78. The summed E-state index contributed by atoms with van der Waals surface area (Å²) in [6.07, 6.45) is 10.9. The molecule has 2 N–H and O–H groups in total. The highest BCUT2D eigenvalue weighted by Crippen LogP contribution is 2.23. The Bertz CT molecular complexity index is 1560. The van der Waals surface area contributed by atoms with Gasteiger partial charge in [0, 0.05) is 55.7 Å². The Morgan fingerprint density at radius 2 is 1.28 bits per heavy atom. The van der Waals surface area contributed by atoms with Crippen molar-refractivity contribution < 1.29 is 0 Å². The summed E-state index contributed by atoms with van der Waals surface area (Å²) in [7, 11) is 0. The summed E-state index contributed by atoms with van der Waals surface area (Å²) < 4.78 is 3.45. The number of benzene rings is 1. The maximum absolute atomic E-state index is 4.75. The molecule has 0 fully saturated rings. The lowest BCUT2D eigenvalue weighted by Gasteiger charge is -2.12. The van der Waals surface area contributed by atoms with Crippen LogP contribution in [0.15, 0.2) is 97.8 Å². The van der Waals surface area contributed by atoms with Crippen molar-refractivity contribution in [2.45, 2.75) is 13.1 Å². The van der Waals surface area contributed by atoms with Gasteiger partial charge in [-0.3, -0.25) is 0 Å². The molecule has 0 atom stereocenters. The van der Waals surface area contributed by atoms with Gasteiger partial charge < -0.3 is 10.6 Å². The van der Waals surface area contributed by atoms with Crippen LogP contribution in [0.25, 0.3) is 22.5 Å². The third kappa shape index (κ3) is 4.60. The molecular weight excluding hydrogens is 452 g/mol. The molecular formula is C26H22N10. The van der Waals surface area contributed by atoms with E-state index >= 15 is 0 Å². The fourth-order valence-corrected chi connectivity index (χ4v) is 3.78. The van der Waals surface area contributed by atoms with Crippen LogP contribution in [0.2, 0.25) is 0 Å². The number of anilines is 2. The van der Waals surface area contributed by atoms with Gasteiger partial charge in [0.1, 0.15) is 5.82 Å². The standard InChI is InChI=1S/C26H22N10/c1-2-6-22-21(5-1)25(29-17-19-7-9-23(27-15-19)35-13-3-11-31-35)34-26(33-22)30-18-20-8-10-24(28-16-20)36-14-4-12-32-36/h1-16H,17-18H2,(H2,29,30,33,34). The van der Waals surface area contributed by atoms with Crippen LogP contribution in [-0.2, 0) is 13.1 Å². The molecule has 0 saturated heterocycles. The van der Waals surface area contributed by atoms with E-state index in [0.717, 1.165) is 39.5 Å². The van der Waals surface area contributed by atoms with Gasteiger partial charge in [-0.05, 0) is 47.5 Å². The molecule has 0 spiro atoms. The second kappa shape index (κ2) is 9.63. The summed E-state index contributed by atoms with van der Waals surface area (Å²) in [6.45, 7) is 1.12. The molecule has 0 radical (unpaired) electrons. The average molecular weight is 475 g/mol. The van der Waals surface area contributed by atoms with Crippen LogP contribution in [0.5, 0.6) is 0 Å². The van der Waals surface area contributed by atoms with Crippen molar-refractivity contribution in [3.63, 3.8) is 0 Å². The number of nitrogens with one attached hydrogen (secondary N) is 2. The lowest BCUT2D eigenvalue weighted by molar-refractivity contribution is 0.843. The number of pyridine rings is 2. The van der Waals surface area contributed by atoms with E-state index in [0.29, 0.717) is 19.0 Å². The highest BCUT2D eigenvalue weighted by atomic mass is 15.3. The summed E-state index contributed by atoms with van der Waals surface area (Å²) in [6, 6.07) is 19.6. The lowest BCUT2D eigenvalue weighted by Crippen LogP contribution is -2.09. The van der Waals surface area contributed by atoms with Gasteiger partial charge in [-0.2, -0.15) is 15.2 Å². The second-order valence-corrected chi connectivity index (χ2v) is 8.07. The topological polar surface area (TPSA) is 111 Å². The Hall–Kier alpha value is -5.12. The van der Waals surface area contributed by atoms with Gasteiger partial charge >= 0.3 is 0 Å². The molecule has 0 unspecified atom stereocenters. The van der Waals surface area contributed by atoms with Gasteiger partial charge in [-0.1, -0.05) is 24.3 Å². The van der Waals surface area contributed by atoms with Crippen LogP contribution in [0.3, 0.4) is 0 Å². The van der Waals surface area contributed by atoms with Gasteiger partial charge in [-0.15, -0.1) is 0 Å². The molecule has 176 valence electrons. The SMILES string of the molecule is c1ccc2c(NCc3ccc(-n4cccn4)nc3)nc(NCc3ccc(-n4cccn4)nc3)nc2c1. The van der Waals surface area contributed by atoms with Crippen molar-refractivity contribution in [1.29, 1.82) is 0 Å². The molecule has 0 saturated carbocycles. The summed E-state index contributed by atoms with van der Waals surface area (Å²) in [5.41, 5.74) is 2.91. The number of para-hydroxylation sites is 1. The molecule has 0 aliphatic rings. The Kier molecular flexibility index (Phi) is 5.73. The molecule has 6 aromatic rings. The molecule has 0 aliphatic carbocycles. The van der Waals surface area contributed by atoms with Crippen LogP contribution in [0.4, 0.5) is 11.8 Å². The van der Waals surface area contributed by atoms with E-state index in [1.54, 1.807) is 21.8 Å². The van der Waals surface area contributed by atoms with Crippen molar-refractivity contribution >= 4 is 22.7 Å². The summed E-state index contributed by atoms with van der Waals surface area (Å²) >= 11 is 0. The van der Waals surface area contributed by atoms with Crippen LogP contribution >= 0.6 is 0 Å². The number of rotatable bonds is 8. The van der Waals surface area contributed by atoms with E-state index in [-0.39, 0.29) is 0 Å². The van der Waals surface area contributed by atoms with Crippen molar-refractivity contribution in [3.8, 4) is 11.6 Å². The van der Waals surface area contributed by atoms with Gasteiger partial charge in [0.2, 0.25) is 5.95 Å². The van der Waals surface area contributed by atoms with Gasteiger partial charge in [0.15, 0.2) is 11.6 Å². The molecule has 10 heteroatoms. The largest absolute Gasteiger partial charge is 0.365 e. The summed E-state index contributed by atoms with van der Waals surface area (Å²) in [5, 5.41) is 16.1. The maximum atomic E-state index is 4.75. The molecule has 1 aromatic carbocycles. The number of aromatic nitrogens is 8. The quantitative estimate of drug-likeness (QED) is 0.340. The molecule has 5 aromatic heterocycles. The van der Waals surface area contributed by atoms with Crippen molar-refractivity contribution in [2.75, 3.05) is 10.6 Å². The van der Waals surface area contributed by atoms with Crippen LogP contribution < -0.4 is 10.6 Å². The summed E-state index contributed by atoms with van der Waals surface area (Å²) in [5.74, 6) is 2.84. The van der Waals surface area contributed by atoms with Crippen LogP contribution in [0, 0.1) is 0 Å². The smallest absolute Gasteiger partial charge is 0.225 e. The van der Waals surface area contributed by atoms with Crippen molar-refractivity contribution in [2.24, 2.45) is 0 Å². The van der Waals surface area contributed by atoms with Gasteiger partial charge in [-0.25, -0.2) is 24.3 Å². The van der Waals surface area contributed by atoms with Gasteiger partial charge in [0.25, 0.3) is 0 Å². The molecule has 6 rings (SSSR count). The maximum Gasteiger partial charge on any atom is 0.225 e. The van der Waals surface area contributed by atoms with Crippen LogP contribution in [-0.4, -0.2) is 39.5 Å². The third-order valence-electron chi connectivity index (χ3n) is 5.61. The number of hydrogen-bond donors (Lipinski definition) is 2. The molecule has 36 heavy (non-hydrogen) atoms. The minimum absolute atomic E-state index is 0.541. The highest BCUT2D eigenvalue weighted by Gasteiger charge is 2.09. The normalized spacial score (nSPS) is 11.0. The van der Waals surface area contributed by atoms with E-state index in [1.165, 1.54) is 0 Å². The molecule has 0 aliphatic heterocycles. The molecule has 0 amide bonds. The highest BCUT2D eigenvalue weighted by molar-refractivity contribution is 5.90. The fraction of sp³-hybridized carbons (Fsp3) is 0.0769. The van der Waals surface area contributed by atoms with Crippen molar-refractivity contribution in [1.82, 2.24) is 39.5 Å². The molecule has 5 heterocycles. The Morgan fingerprint density at radius 1 is 0.639 bits per heavy atom. The molecule has 10 nitrogen and oxygen atoms in total. The van der Waals surface area contributed by atoms with Crippen molar-refractivity contribution in [3.05, 3.63) is 109 Å². The Morgan fingerprint density at radius 3 is 1.86 bits per heavy atom. The second-order valence-electron chi connectivity index (χ2n) is 8.07. The Labute approximate surface area is 206 Å². The lowest BCUT2D eigenvalue weighted by atomic mass is 10.2. The number of nitrogens with zero attached hydrogens (tertiary/aromatic N) is 8. The van der Waals surface area contributed by atoms with E-state index < -0.39 is 0 Å². The zero-order chi connectivity index (χ0) is 24.2.